The van der Waals surface area contributed by atoms with E-state index in [1.54, 1.807) is 61.7 Å². The molecule has 0 amide bonds. The van der Waals surface area contributed by atoms with Gasteiger partial charge in [0.25, 0.3) is 0 Å². The van der Waals surface area contributed by atoms with Crippen LogP contribution in [0, 0.1) is 11.3 Å². The Hall–Kier alpha value is -3.93. The van der Waals surface area contributed by atoms with E-state index in [0.717, 1.165) is 18.4 Å². The summed E-state index contributed by atoms with van der Waals surface area (Å²) in [4.78, 5) is 12.8. The molecule has 1 heterocycles. The van der Waals surface area contributed by atoms with Gasteiger partial charge in [-0.3, -0.25) is 0 Å². The van der Waals surface area contributed by atoms with Gasteiger partial charge in [0.2, 0.25) is 10.0 Å². The molecule has 178 valence electrons. The molecule has 4 rings (SSSR count). The first kappa shape index (κ1) is 24.2. The summed E-state index contributed by atoms with van der Waals surface area (Å²) in [6, 6.07) is 21.9. The molecular formula is C27H24N2O5S. The molecule has 0 atom stereocenters. The zero-order valence-electron chi connectivity index (χ0n) is 19.2. The van der Waals surface area contributed by atoms with Gasteiger partial charge in [0, 0.05) is 13.1 Å². The molecule has 35 heavy (non-hydrogen) atoms. The first-order valence-electron chi connectivity index (χ1n) is 11.1. The highest BCUT2D eigenvalue weighted by molar-refractivity contribution is 7.89. The summed E-state index contributed by atoms with van der Waals surface area (Å²) in [5.41, 5.74) is 2.11. The van der Waals surface area contributed by atoms with E-state index in [0.29, 0.717) is 35.7 Å². The molecule has 8 heteroatoms. The number of hydrogen-bond acceptors (Lipinski definition) is 6. The van der Waals surface area contributed by atoms with Crippen LogP contribution in [0.25, 0.3) is 11.6 Å². The molecule has 0 saturated carbocycles. The predicted octanol–water partition coefficient (Wildman–Crippen LogP) is 4.76. The van der Waals surface area contributed by atoms with Crippen molar-refractivity contribution in [3.63, 3.8) is 0 Å². The topological polar surface area (TPSA) is 96.7 Å². The van der Waals surface area contributed by atoms with Crippen molar-refractivity contribution in [2.75, 3.05) is 20.2 Å². The van der Waals surface area contributed by atoms with Gasteiger partial charge in [-0.25, -0.2) is 13.2 Å². The van der Waals surface area contributed by atoms with Crippen LogP contribution in [0.1, 0.15) is 34.3 Å². The average molecular weight is 489 g/mol. The summed E-state index contributed by atoms with van der Waals surface area (Å²) in [5, 5.41) is 9.60. The van der Waals surface area contributed by atoms with E-state index in [1.807, 2.05) is 0 Å². The zero-order valence-corrected chi connectivity index (χ0v) is 20.0. The maximum Gasteiger partial charge on any atom is 0.343 e. The number of ether oxygens (including phenoxy) is 2. The molecule has 7 nitrogen and oxygen atoms in total. The first-order chi connectivity index (χ1) is 16.9. The molecule has 3 aromatic carbocycles. The number of allylic oxidation sites excluding steroid dienone is 1. The molecule has 1 aliphatic heterocycles. The van der Waals surface area contributed by atoms with Gasteiger partial charge in [-0.2, -0.15) is 9.57 Å². The lowest BCUT2D eigenvalue weighted by Gasteiger charge is -2.15. The molecule has 0 unspecified atom stereocenters. The van der Waals surface area contributed by atoms with Crippen LogP contribution in [0.4, 0.5) is 0 Å². The van der Waals surface area contributed by atoms with E-state index in [-0.39, 0.29) is 10.5 Å². The lowest BCUT2D eigenvalue weighted by atomic mass is 10.0. The lowest BCUT2D eigenvalue weighted by molar-refractivity contribution is 0.0734. The molecule has 1 fully saturated rings. The Labute approximate surface area is 204 Å². The number of rotatable bonds is 7. The van der Waals surface area contributed by atoms with Crippen LogP contribution in [-0.2, 0) is 10.0 Å². The molecule has 3 aromatic rings. The van der Waals surface area contributed by atoms with Crippen LogP contribution in [0.5, 0.6) is 11.5 Å². The summed E-state index contributed by atoms with van der Waals surface area (Å²) >= 11 is 0. The van der Waals surface area contributed by atoms with Crippen LogP contribution < -0.4 is 9.47 Å². The minimum atomic E-state index is -3.55. The number of esters is 1. The number of hydrogen-bond donors (Lipinski definition) is 0. The molecular weight excluding hydrogens is 464 g/mol. The van der Waals surface area contributed by atoms with Gasteiger partial charge >= 0.3 is 5.97 Å². The summed E-state index contributed by atoms with van der Waals surface area (Å²) in [7, 11) is -1.97. The molecule has 1 saturated heterocycles. The summed E-state index contributed by atoms with van der Waals surface area (Å²) in [5.74, 6) is 0.401. The van der Waals surface area contributed by atoms with E-state index >= 15 is 0 Å². The van der Waals surface area contributed by atoms with E-state index in [2.05, 4.69) is 6.07 Å². The largest absolute Gasteiger partial charge is 0.497 e. The van der Waals surface area contributed by atoms with Crippen LogP contribution >= 0.6 is 0 Å². The number of nitriles is 1. The predicted molar refractivity (Wildman–Crippen MR) is 132 cm³/mol. The molecule has 0 aromatic heterocycles. The second-order valence-corrected chi connectivity index (χ2v) is 9.93. The van der Waals surface area contributed by atoms with Crippen molar-refractivity contribution in [2.24, 2.45) is 0 Å². The van der Waals surface area contributed by atoms with E-state index in [4.69, 9.17) is 9.47 Å². The van der Waals surface area contributed by atoms with E-state index < -0.39 is 16.0 Å². The average Bonchev–Trinajstić information content (AvgIpc) is 3.44. The highest BCUT2D eigenvalue weighted by atomic mass is 32.2. The molecule has 0 spiro atoms. The Morgan fingerprint density at radius 1 is 0.943 bits per heavy atom. The Balaban J connectivity index is 1.48. The van der Waals surface area contributed by atoms with Crippen LogP contribution in [0.3, 0.4) is 0 Å². The number of carbonyl (C=O) groups excluding carboxylic acids is 1. The third-order valence-corrected chi connectivity index (χ3v) is 7.61. The highest BCUT2D eigenvalue weighted by Crippen LogP contribution is 2.24. The fourth-order valence-corrected chi connectivity index (χ4v) is 5.31. The van der Waals surface area contributed by atoms with E-state index in [1.165, 1.54) is 28.6 Å². The van der Waals surface area contributed by atoms with Crippen molar-refractivity contribution in [3.05, 3.63) is 89.5 Å². The zero-order chi connectivity index (χ0) is 24.8. The van der Waals surface area contributed by atoms with Crippen molar-refractivity contribution in [3.8, 4) is 17.6 Å². The van der Waals surface area contributed by atoms with Gasteiger partial charge in [0.05, 0.1) is 29.2 Å². The third-order valence-electron chi connectivity index (χ3n) is 5.69. The SMILES string of the molecule is COc1ccc(/C(C#N)=C\c2cccc(OC(=O)c3ccc(S(=O)(=O)N4CCCC4)cc3)c2)cc1. The number of carbonyl (C=O) groups is 1. The van der Waals surface area contributed by atoms with Gasteiger partial charge in [-0.1, -0.05) is 12.1 Å². The Morgan fingerprint density at radius 2 is 1.60 bits per heavy atom. The molecule has 0 bridgehead atoms. The maximum absolute atomic E-state index is 12.7. The fraction of sp³-hybridized carbons (Fsp3) is 0.185. The minimum absolute atomic E-state index is 0.158. The standard InChI is InChI=1S/C27H24N2O5S/c1-33-24-11-7-21(8-12-24)23(19-28)17-20-5-4-6-25(18-20)34-27(30)22-9-13-26(14-10-22)35(31,32)29-15-2-3-16-29/h4-14,17-18H,2-3,15-16H2,1H3/b23-17-. The van der Waals surface area contributed by atoms with Gasteiger partial charge in [-0.15, -0.1) is 0 Å². The number of nitrogens with zero attached hydrogens (tertiary/aromatic N) is 2. The smallest absolute Gasteiger partial charge is 0.343 e. The van der Waals surface area contributed by atoms with Crippen LogP contribution in [0.2, 0.25) is 0 Å². The van der Waals surface area contributed by atoms with E-state index in [9.17, 15) is 18.5 Å². The third kappa shape index (κ3) is 5.60. The van der Waals surface area contributed by atoms with Gasteiger partial charge in [0.15, 0.2) is 0 Å². The van der Waals surface area contributed by atoms with Gasteiger partial charge < -0.3 is 9.47 Å². The summed E-state index contributed by atoms with van der Waals surface area (Å²) in [6.07, 6.45) is 3.42. The van der Waals surface area contributed by atoms with Crippen LogP contribution in [0.15, 0.2) is 77.7 Å². The van der Waals surface area contributed by atoms with Crippen molar-refractivity contribution < 1.29 is 22.7 Å². The lowest BCUT2D eigenvalue weighted by Crippen LogP contribution is -2.27. The normalized spacial score (nSPS) is 14.3. The van der Waals surface area contributed by atoms with Crippen molar-refractivity contribution in [1.82, 2.24) is 4.31 Å². The molecule has 0 aliphatic carbocycles. The second-order valence-electron chi connectivity index (χ2n) is 8.00. The summed E-state index contributed by atoms with van der Waals surface area (Å²) in [6.45, 7) is 1.03. The molecule has 1 aliphatic rings. The molecule has 0 radical (unpaired) electrons. The van der Waals surface area contributed by atoms with Gasteiger partial charge in [0.1, 0.15) is 11.5 Å². The highest BCUT2D eigenvalue weighted by Gasteiger charge is 2.27. The first-order valence-corrected chi connectivity index (χ1v) is 12.5. The van der Waals surface area contributed by atoms with Crippen LogP contribution in [-0.4, -0.2) is 38.9 Å². The van der Waals surface area contributed by atoms with Crippen molar-refractivity contribution >= 4 is 27.6 Å². The Morgan fingerprint density at radius 3 is 2.23 bits per heavy atom. The Kier molecular flexibility index (Phi) is 7.30. The minimum Gasteiger partial charge on any atom is -0.497 e. The number of methoxy groups -OCH3 is 1. The second kappa shape index (κ2) is 10.6. The monoisotopic (exact) mass is 488 g/mol. The summed E-state index contributed by atoms with van der Waals surface area (Å²) < 4.78 is 37.4. The number of sulfonamides is 1. The fourth-order valence-electron chi connectivity index (χ4n) is 3.79. The maximum atomic E-state index is 12.7. The molecule has 0 N–H and O–H groups in total. The van der Waals surface area contributed by atoms with Crippen molar-refractivity contribution in [1.29, 1.82) is 5.26 Å². The van der Waals surface area contributed by atoms with Crippen molar-refractivity contribution in [2.45, 2.75) is 17.7 Å². The quantitative estimate of drug-likeness (QED) is 0.206. The Bertz CT molecular complexity index is 1380. The number of benzene rings is 3. The van der Waals surface area contributed by atoms with Gasteiger partial charge in [-0.05, 0) is 90.7 Å².